The number of carbonyl (C=O) groups is 1. The van der Waals surface area contributed by atoms with Crippen molar-refractivity contribution in [2.24, 2.45) is 0 Å². The number of fused-ring (bicyclic) bond motifs is 2. The number of hydrogen-bond acceptors (Lipinski definition) is 4. The van der Waals surface area contributed by atoms with E-state index < -0.39 is 0 Å². The number of para-hydroxylation sites is 1. The van der Waals surface area contributed by atoms with E-state index in [4.69, 9.17) is 0 Å². The third-order valence-corrected chi connectivity index (χ3v) is 5.87. The van der Waals surface area contributed by atoms with Gasteiger partial charge in [-0.1, -0.05) is 42.5 Å². The van der Waals surface area contributed by atoms with Gasteiger partial charge in [-0.05, 0) is 37.0 Å². The topological polar surface area (TPSA) is 63.1 Å². The second-order valence-electron chi connectivity index (χ2n) is 7.81. The molecule has 0 saturated heterocycles. The number of carbonyl (C=O) groups excluding carboxylic acids is 1. The van der Waals surface area contributed by atoms with E-state index in [9.17, 15) is 4.79 Å². The number of rotatable bonds is 3. The summed E-state index contributed by atoms with van der Waals surface area (Å²) >= 11 is 0. The molecule has 1 atom stereocenters. The van der Waals surface area contributed by atoms with Gasteiger partial charge < -0.3 is 10.2 Å². The molecule has 2 aliphatic rings. The SMILES string of the molecule is Cc1nc2n(n1)CCN(C(=O)c1cccc3c1NCCC3)[C@H]2Cc1ccccc1. The summed E-state index contributed by atoms with van der Waals surface area (Å²) < 4.78 is 1.96. The molecule has 1 amide bonds. The molecule has 0 saturated carbocycles. The lowest BCUT2D eigenvalue weighted by molar-refractivity contribution is 0.0609. The molecule has 0 radical (unpaired) electrons. The Morgan fingerprint density at radius 1 is 1.14 bits per heavy atom. The van der Waals surface area contributed by atoms with Gasteiger partial charge >= 0.3 is 0 Å². The van der Waals surface area contributed by atoms with E-state index in [1.54, 1.807) is 0 Å². The fourth-order valence-electron chi connectivity index (χ4n) is 4.50. The van der Waals surface area contributed by atoms with Gasteiger partial charge in [0.1, 0.15) is 11.6 Å². The van der Waals surface area contributed by atoms with Crippen LogP contribution in [0.1, 0.15) is 45.6 Å². The number of amides is 1. The third-order valence-electron chi connectivity index (χ3n) is 5.87. The molecule has 0 aliphatic carbocycles. The Morgan fingerprint density at radius 3 is 2.86 bits per heavy atom. The fourth-order valence-corrected chi connectivity index (χ4v) is 4.50. The van der Waals surface area contributed by atoms with E-state index in [0.29, 0.717) is 13.1 Å². The zero-order chi connectivity index (χ0) is 19.8. The average molecular weight is 387 g/mol. The highest BCUT2D eigenvalue weighted by atomic mass is 16.2. The molecular formula is C23H25N5O. The first-order chi connectivity index (χ1) is 14.2. The van der Waals surface area contributed by atoms with Crippen molar-refractivity contribution in [1.29, 1.82) is 0 Å². The van der Waals surface area contributed by atoms with Gasteiger partial charge in [0.2, 0.25) is 0 Å². The molecule has 5 rings (SSSR count). The molecule has 3 aromatic rings. The number of nitrogens with zero attached hydrogens (tertiary/aromatic N) is 4. The quantitative estimate of drug-likeness (QED) is 0.748. The summed E-state index contributed by atoms with van der Waals surface area (Å²) in [6.07, 6.45) is 2.85. The van der Waals surface area contributed by atoms with Crippen LogP contribution in [0.3, 0.4) is 0 Å². The molecule has 3 heterocycles. The summed E-state index contributed by atoms with van der Waals surface area (Å²) in [5.74, 6) is 1.71. The molecule has 2 aliphatic heterocycles. The van der Waals surface area contributed by atoms with Crippen LogP contribution in [0.15, 0.2) is 48.5 Å². The largest absolute Gasteiger partial charge is 0.384 e. The maximum atomic E-state index is 13.7. The maximum Gasteiger partial charge on any atom is 0.256 e. The highest BCUT2D eigenvalue weighted by Gasteiger charge is 2.35. The van der Waals surface area contributed by atoms with Crippen molar-refractivity contribution in [2.45, 2.75) is 38.8 Å². The molecule has 29 heavy (non-hydrogen) atoms. The van der Waals surface area contributed by atoms with Crippen LogP contribution in [0.2, 0.25) is 0 Å². The molecule has 148 valence electrons. The van der Waals surface area contributed by atoms with Gasteiger partial charge in [-0.25, -0.2) is 9.67 Å². The minimum absolute atomic E-state index is 0.0732. The Morgan fingerprint density at radius 2 is 2.00 bits per heavy atom. The van der Waals surface area contributed by atoms with E-state index in [1.165, 1.54) is 11.1 Å². The Hall–Kier alpha value is -3.15. The lowest BCUT2D eigenvalue weighted by atomic mass is 9.97. The van der Waals surface area contributed by atoms with Gasteiger partial charge in [0.05, 0.1) is 23.8 Å². The summed E-state index contributed by atoms with van der Waals surface area (Å²) in [6, 6.07) is 16.3. The second kappa shape index (κ2) is 7.35. The van der Waals surface area contributed by atoms with Crippen LogP contribution >= 0.6 is 0 Å². The summed E-state index contributed by atoms with van der Waals surface area (Å²) in [7, 11) is 0. The molecule has 0 bridgehead atoms. The minimum atomic E-state index is -0.126. The van der Waals surface area contributed by atoms with Crippen LogP contribution in [0.4, 0.5) is 5.69 Å². The smallest absolute Gasteiger partial charge is 0.256 e. The number of aryl methyl sites for hydroxylation is 2. The number of nitrogens with one attached hydrogen (secondary N) is 1. The van der Waals surface area contributed by atoms with Crippen molar-refractivity contribution >= 4 is 11.6 Å². The van der Waals surface area contributed by atoms with Gasteiger partial charge in [0.25, 0.3) is 5.91 Å². The van der Waals surface area contributed by atoms with Crippen LogP contribution in [0.5, 0.6) is 0 Å². The molecule has 0 unspecified atom stereocenters. The zero-order valence-electron chi connectivity index (χ0n) is 16.6. The van der Waals surface area contributed by atoms with E-state index in [1.807, 2.05) is 46.8 Å². The summed E-state index contributed by atoms with van der Waals surface area (Å²) in [5.41, 5.74) is 4.20. The molecule has 1 N–H and O–H groups in total. The van der Waals surface area contributed by atoms with Crippen molar-refractivity contribution in [1.82, 2.24) is 19.7 Å². The normalized spacial score (nSPS) is 18.0. The molecule has 0 fully saturated rings. The predicted molar refractivity (Wildman–Crippen MR) is 112 cm³/mol. The van der Waals surface area contributed by atoms with E-state index in [2.05, 4.69) is 33.6 Å². The van der Waals surface area contributed by atoms with Crippen molar-refractivity contribution in [3.63, 3.8) is 0 Å². The lowest BCUT2D eigenvalue weighted by Gasteiger charge is -2.36. The number of benzene rings is 2. The monoisotopic (exact) mass is 387 g/mol. The van der Waals surface area contributed by atoms with Crippen LogP contribution in [0.25, 0.3) is 0 Å². The number of anilines is 1. The van der Waals surface area contributed by atoms with E-state index in [-0.39, 0.29) is 11.9 Å². The first-order valence-corrected chi connectivity index (χ1v) is 10.3. The van der Waals surface area contributed by atoms with Gasteiger partial charge in [-0.15, -0.1) is 0 Å². The summed E-state index contributed by atoms with van der Waals surface area (Å²) in [4.78, 5) is 20.4. The Kier molecular flexibility index (Phi) is 4.54. The standard InChI is InChI=1S/C23H25N5O/c1-16-25-22-20(15-17-7-3-2-4-8-17)27(13-14-28(22)26-16)23(29)19-11-5-9-18-10-6-12-24-21(18)19/h2-5,7-9,11,20,24H,6,10,12-15H2,1H3/t20-/m0/s1. The molecule has 6 nitrogen and oxygen atoms in total. The number of hydrogen-bond donors (Lipinski definition) is 1. The number of aromatic nitrogens is 3. The van der Waals surface area contributed by atoms with Crippen LogP contribution in [-0.2, 0) is 19.4 Å². The Labute approximate surface area is 170 Å². The molecule has 0 spiro atoms. The second-order valence-corrected chi connectivity index (χ2v) is 7.81. The predicted octanol–water partition coefficient (Wildman–Crippen LogP) is 3.38. The summed E-state index contributed by atoms with van der Waals surface area (Å²) in [6.45, 7) is 4.14. The lowest BCUT2D eigenvalue weighted by Crippen LogP contribution is -2.44. The average Bonchev–Trinajstić information content (AvgIpc) is 3.14. The minimum Gasteiger partial charge on any atom is -0.384 e. The first-order valence-electron chi connectivity index (χ1n) is 10.3. The van der Waals surface area contributed by atoms with Crippen molar-refractivity contribution in [3.8, 4) is 0 Å². The summed E-state index contributed by atoms with van der Waals surface area (Å²) in [5, 5.41) is 7.99. The first kappa shape index (κ1) is 17.9. The van der Waals surface area contributed by atoms with Crippen LogP contribution < -0.4 is 5.32 Å². The molecule has 6 heteroatoms. The highest BCUT2D eigenvalue weighted by Crippen LogP contribution is 2.33. The third kappa shape index (κ3) is 3.28. The van der Waals surface area contributed by atoms with Gasteiger partial charge in [-0.3, -0.25) is 4.79 Å². The van der Waals surface area contributed by atoms with Gasteiger partial charge in [-0.2, -0.15) is 5.10 Å². The molecular weight excluding hydrogens is 362 g/mol. The van der Waals surface area contributed by atoms with E-state index in [0.717, 1.165) is 48.7 Å². The Bertz CT molecular complexity index is 1040. The van der Waals surface area contributed by atoms with Gasteiger partial charge in [0, 0.05) is 19.5 Å². The Balaban J connectivity index is 1.53. The highest BCUT2D eigenvalue weighted by molar-refractivity contribution is 6.00. The molecule has 1 aromatic heterocycles. The van der Waals surface area contributed by atoms with Crippen LogP contribution in [0, 0.1) is 6.92 Å². The van der Waals surface area contributed by atoms with Crippen LogP contribution in [-0.4, -0.2) is 38.7 Å². The van der Waals surface area contributed by atoms with Crippen molar-refractivity contribution < 1.29 is 4.79 Å². The van der Waals surface area contributed by atoms with Crippen molar-refractivity contribution in [3.05, 3.63) is 76.9 Å². The van der Waals surface area contributed by atoms with Crippen molar-refractivity contribution in [2.75, 3.05) is 18.4 Å². The van der Waals surface area contributed by atoms with E-state index >= 15 is 0 Å². The molecule has 2 aromatic carbocycles. The maximum absolute atomic E-state index is 13.7. The zero-order valence-corrected chi connectivity index (χ0v) is 16.6. The van der Waals surface area contributed by atoms with Gasteiger partial charge in [0.15, 0.2) is 0 Å². The fraction of sp³-hybridized carbons (Fsp3) is 0.348.